The molecule has 0 bridgehead atoms. The zero-order valence-corrected chi connectivity index (χ0v) is 11.1. The Balaban J connectivity index is 1.99. The molecule has 5 heteroatoms. The van der Waals surface area contributed by atoms with Crippen molar-refractivity contribution in [3.63, 3.8) is 0 Å². The summed E-state index contributed by atoms with van der Waals surface area (Å²) >= 11 is 0. The number of ether oxygens (including phenoxy) is 1. The molecule has 0 N–H and O–H groups in total. The van der Waals surface area contributed by atoms with Crippen molar-refractivity contribution >= 4 is 17.8 Å². The minimum Gasteiger partial charge on any atom is -0.465 e. The summed E-state index contributed by atoms with van der Waals surface area (Å²) in [5.41, 5.74) is 0. The Morgan fingerprint density at radius 3 is 2.63 bits per heavy atom. The van der Waals surface area contributed by atoms with Gasteiger partial charge in [-0.15, -0.1) is 0 Å². The van der Waals surface area contributed by atoms with E-state index < -0.39 is 0 Å². The van der Waals surface area contributed by atoms with Gasteiger partial charge < -0.3 is 4.74 Å². The molecule has 2 amide bonds. The molecule has 0 aromatic heterocycles. The minimum atomic E-state index is -0.357. The van der Waals surface area contributed by atoms with Gasteiger partial charge in [0.05, 0.1) is 18.6 Å². The van der Waals surface area contributed by atoms with Crippen LogP contribution in [0, 0.1) is 5.92 Å². The Morgan fingerprint density at radius 1 is 1.32 bits per heavy atom. The van der Waals surface area contributed by atoms with Crippen molar-refractivity contribution in [2.75, 3.05) is 6.61 Å². The highest BCUT2D eigenvalue weighted by atomic mass is 16.5. The number of nitrogens with zero attached hydrogens (tertiary/aromatic N) is 1. The molecule has 104 valence electrons. The first-order valence-electron chi connectivity index (χ1n) is 6.87. The first kappa shape index (κ1) is 13.8. The number of unbranched alkanes of at least 4 members (excludes halogenated alkanes) is 1. The van der Waals surface area contributed by atoms with E-state index in [1.54, 1.807) is 0 Å². The minimum absolute atomic E-state index is 0.275. The van der Waals surface area contributed by atoms with E-state index in [0.29, 0.717) is 19.4 Å². The third-order valence-electron chi connectivity index (χ3n) is 3.70. The van der Waals surface area contributed by atoms with Crippen LogP contribution < -0.4 is 0 Å². The van der Waals surface area contributed by atoms with Crippen LogP contribution >= 0.6 is 0 Å². The van der Waals surface area contributed by atoms with Crippen molar-refractivity contribution in [2.24, 2.45) is 5.92 Å². The van der Waals surface area contributed by atoms with E-state index in [-0.39, 0.29) is 29.7 Å². The van der Waals surface area contributed by atoms with Gasteiger partial charge in [0.25, 0.3) is 11.8 Å². The maximum atomic E-state index is 12.0. The zero-order chi connectivity index (χ0) is 13.8. The highest BCUT2D eigenvalue weighted by molar-refractivity contribution is 6.13. The third-order valence-corrected chi connectivity index (χ3v) is 3.70. The second-order valence-corrected chi connectivity index (χ2v) is 5.01. The fourth-order valence-electron chi connectivity index (χ4n) is 2.69. The predicted octanol–water partition coefficient (Wildman–Crippen LogP) is 1.42. The molecule has 1 aliphatic heterocycles. The normalized spacial score (nSPS) is 26.3. The van der Waals surface area contributed by atoms with Gasteiger partial charge in [-0.1, -0.05) is 19.8 Å². The lowest BCUT2D eigenvalue weighted by Gasteiger charge is -2.26. The third kappa shape index (κ3) is 2.85. The quantitative estimate of drug-likeness (QED) is 0.428. The Bertz CT molecular complexity index is 398. The number of imide groups is 1. The molecule has 2 rings (SSSR count). The lowest BCUT2D eigenvalue weighted by atomic mass is 10.0. The van der Waals surface area contributed by atoms with E-state index in [4.69, 9.17) is 4.74 Å². The summed E-state index contributed by atoms with van der Waals surface area (Å²) in [6.07, 6.45) is 6.55. The average molecular weight is 265 g/mol. The maximum absolute atomic E-state index is 12.0. The largest absolute Gasteiger partial charge is 0.465 e. The van der Waals surface area contributed by atoms with Gasteiger partial charge in [-0.25, -0.2) is 0 Å². The molecule has 0 spiro atoms. The Morgan fingerprint density at radius 2 is 2.00 bits per heavy atom. The molecule has 1 fully saturated rings. The summed E-state index contributed by atoms with van der Waals surface area (Å²) in [5.74, 6) is -1.26. The molecule has 0 aromatic rings. The van der Waals surface area contributed by atoms with Crippen molar-refractivity contribution < 1.29 is 19.1 Å². The van der Waals surface area contributed by atoms with Gasteiger partial charge in [0.1, 0.15) is 0 Å². The molecule has 2 atom stereocenters. The Hall–Kier alpha value is -1.65. The lowest BCUT2D eigenvalue weighted by Crippen LogP contribution is -2.44. The molecule has 0 saturated heterocycles. The van der Waals surface area contributed by atoms with E-state index in [9.17, 15) is 14.4 Å². The van der Waals surface area contributed by atoms with Crippen molar-refractivity contribution in [1.82, 2.24) is 4.90 Å². The molecule has 5 nitrogen and oxygen atoms in total. The van der Waals surface area contributed by atoms with Crippen LogP contribution in [0.4, 0.5) is 0 Å². The Kier molecular flexibility index (Phi) is 4.35. The van der Waals surface area contributed by atoms with Crippen molar-refractivity contribution in [1.29, 1.82) is 0 Å². The summed E-state index contributed by atoms with van der Waals surface area (Å²) in [6.45, 7) is 2.44. The number of esters is 1. The highest BCUT2D eigenvalue weighted by Crippen LogP contribution is 2.32. The standard InChI is InChI=1S/C14H19NO4/c1-2-3-9-19-14(18)10-5-4-6-11(10)15-12(16)7-8-13(15)17/h7-8,10-11H,2-6,9H2,1H3/t10-,11-/m0/s1. The van der Waals surface area contributed by atoms with Crippen LogP contribution in [0.25, 0.3) is 0 Å². The summed E-state index contributed by atoms with van der Waals surface area (Å²) in [6, 6.07) is -0.330. The van der Waals surface area contributed by atoms with Crippen molar-refractivity contribution in [3.8, 4) is 0 Å². The van der Waals surface area contributed by atoms with Crippen LogP contribution in [0.2, 0.25) is 0 Å². The van der Waals surface area contributed by atoms with Gasteiger partial charge in [-0.3, -0.25) is 19.3 Å². The topological polar surface area (TPSA) is 63.7 Å². The number of carbonyl (C=O) groups excluding carboxylic acids is 3. The summed E-state index contributed by atoms with van der Waals surface area (Å²) < 4.78 is 5.22. The second kappa shape index (κ2) is 5.99. The molecule has 1 saturated carbocycles. The van der Waals surface area contributed by atoms with Crippen molar-refractivity contribution in [2.45, 2.75) is 45.1 Å². The number of carbonyl (C=O) groups is 3. The Labute approximate surface area is 112 Å². The number of hydrogen-bond donors (Lipinski definition) is 0. The molecule has 2 aliphatic rings. The molecular weight excluding hydrogens is 246 g/mol. The monoisotopic (exact) mass is 265 g/mol. The average Bonchev–Trinajstić information content (AvgIpc) is 2.96. The second-order valence-electron chi connectivity index (χ2n) is 5.01. The number of hydrogen-bond acceptors (Lipinski definition) is 4. The zero-order valence-electron chi connectivity index (χ0n) is 11.1. The fraction of sp³-hybridized carbons (Fsp3) is 0.643. The summed E-state index contributed by atoms with van der Waals surface area (Å²) in [4.78, 5) is 36.5. The molecule has 0 aromatic carbocycles. The molecule has 0 radical (unpaired) electrons. The summed E-state index contributed by atoms with van der Waals surface area (Å²) in [7, 11) is 0. The predicted molar refractivity (Wildman–Crippen MR) is 68.0 cm³/mol. The van der Waals surface area contributed by atoms with Gasteiger partial charge in [-0.05, 0) is 19.3 Å². The van der Waals surface area contributed by atoms with Crippen LogP contribution in [0.3, 0.4) is 0 Å². The molecule has 1 heterocycles. The molecule has 19 heavy (non-hydrogen) atoms. The van der Waals surface area contributed by atoms with E-state index in [1.165, 1.54) is 17.1 Å². The van der Waals surface area contributed by atoms with Crippen LogP contribution in [0.5, 0.6) is 0 Å². The summed E-state index contributed by atoms with van der Waals surface area (Å²) in [5, 5.41) is 0. The van der Waals surface area contributed by atoms with Gasteiger partial charge in [0.2, 0.25) is 0 Å². The van der Waals surface area contributed by atoms with Gasteiger partial charge >= 0.3 is 5.97 Å². The molecule has 0 unspecified atom stereocenters. The number of rotatable bonds is 5. The lowest BCUT2D eigenvalue weighted by molar-refractivity contribution is -0.152. The first-order chi connectivity index (χ1) is 9.15. The van der Waals surface area contributed by atoms with E-state index in [1.807, 2.05) is 6.92 Å². The van der Waals surface area contributed by atoms with Crippen LogP contribution in [-0.4, -0.2) is 35.3 Å². The van der Waals surface area contributed by atoms with Crippen LogP contribution in [0.1, 0.15) is 39.0 Å². The fourth-order valence-corrected chi connectivity index (χ4v) is 2.69. The van der Waals surface area contributed by atoms with Gasteiger partial charge in [0, 0.05) is 12.2 Å². The van der Waals surface area contributed by atoms with E-state index >= 15 is 0 Å². The van der Waals surface area contributed by atoms with E-state index in [0.717, 1.165) is 19.3 Å². The van der Waals surface area contributed by atoms with Crippen LogP contribution in [-0.2, 0) is 19.1 Å². The number of amides is 2. The molecular formula is C14H19NO4. The molecule has 1 aliphatic carbocycles. The highest BCUT2D eigenvalue weighted by Gasteiger charge is 2.42. The van der Waals surface area contributed by atoms with Gasteiger partial charge in [-0.2, -0.15) is 0 Å². The smallest absolute Gasteiger partial charge is 0.311 e. The van der Waals surface area contributed by atoms with Gasteiger partial charge in [0.15, 0.2) is 0 Å². The maximum Gasteiger partial charge on any atom is 0.311 e. The van der Waals surface area contributed by atoms with Crippen LogP contribution in [0.15, 0.2) is 12.2 Å². The van der Waals surface area contributed by atoms with E-state index in [2.05, 4.69) is 0 Å². The SMILES string of the molecule is CCCCOC(=O)[C@H]1CCC[C@@H]1N1C(=O)C=CC1=O. The van der Waals surface area contributed by atoms with Crippen molar-refractivity contribution in [3.05, 3.63) is 12.2 Å². The first-order valence-corrected chi connectivity index (χ1v) is 6.87.